The molecule has 1 amide bonds. The Kier molecular flexibility index (Phi) is 4.20. The van der Waals surface area contributed by atoms with Crippen molar-refractivity contribution in [2.45, 2.75) is 44.4 Å². The van der Waals surface area contributed by atoms with Crippen LogP contribution in [0.2, 0.25) is 0 Å². The molecule has 0 saturated carbocycles. The van der Waals surface area contributed by atoms with E-state index in [0.29, 0.717) is 48.4 Å². The minimum absolute atomic E-state index is 0.208. The van der Waals surface area contributed by atoms with E-state index in [2.05, 4.69) is 0 Å². The molecule has 2 aromatic heterocycles. The van der Waals surface area contributed by atoms with Crippen molar-refractivity contribution in [2.75, 3.05) is 19.7 Å². The number of halogens is 1. The molecule has 36 heavy (non-hydrogen) atoms. The van der Waals surface area contributed by atoms with Gasteiger partial charge in [0.25, 0.3) is 5.56 Å². The number of fused-ring (bicyclic) bond motifs is 6. The number of aliphatic hydroxyl groups excluding tert-OH is 2. The molecule has 1 unspecified atom stereocenters. The van der Waals surface area contributed by atoms with Gasteiger partial charge in [-0.05, 0) is 42.5 Å². The van der Waals surface area contributed by atoms with E-state index < -0.39 is 24.1 Å². The van der Waals surface area contributed by atoms with Crippen LogP contribution in [0.5, 0.6) is 0 Å². The van der Waals surface area contributed by atoms with Gasteiger partial charge in [0.2, 0.25) is 5.91 Å². The second kappa shape index (κ2) is 6.98. The molecular weight excluding hydrogens is 469 g/mol. The molecule has 4 aliphatic rings. The molecule has 0 bridgehead atoms. The molecule has 1 atom stereocenters. The summed E-state index contributed by atoms with van der Waals surface area (Å²) in [7, 11) is 0. The van der Waals surface area contributed by atoms with Crippen LogP contribution in [0, 0.1) is 12.7 Å². The highest BCUT2D eigenvalue weighted by molar-refractivity contribution is 5.94. The zero-order valence-corrected chi connectivity index (χ0v) is 19.4. The molecule has 2 N–H and O–H groups in total. The summed E-state index contributed by atoms with van der Waals surface area (Å²) in [6.45, 7) is 2.08. The molecule has 1 fully saturated rings. The van der Waals surface area contributed by atoms with Gasteiger partial charge in [0.05, 0.1) is 29.0 Å². The van der Waals surface area contributed by atoms with Gasteiger partial charge in [0.15, 0.2) is 6.10 Å². The summed E-state index contributed by atoms with van der Waals surface area (Å²) in [4.78, 5) is 44.0. The molecule has 10 heteroatoms. The topological polar surface area (TPSA) is 122 Å². The minimum Gasteiger partial charge on any atom is -0.458 e. The number of aliphatic hydroxyl groups is 2. The lowest BCUT2D eigenvalue weighted by molar-refractivity contribution is -0.157. The number of aromatic nitrogens is 2. The number of hydrogen-bond donors (Lipinski definition) is 2. The van der Waals surface area contributed by atoms with Crippen LogP contribution in [-0.2, 0) is 39.3 Å². The first-order valence-electron chi connectivity index (χ1n) is 11.9. The van der Waals surface area contributed by atoms with E-state index in [0.717, 1.165) is 22.1 Å². The summed E-state index contributed by atoms with van der Waals surface area (Å²) in [5.41, 5.74) is 4.43. The quantitative estimate of drug-likeness (QED) is 0.381. The highest BCUT2D eigenvalue weighted by atomic mass is 19.1. The maximum atomic E-state index is 14.9. The highest BCUT2D eigenvalue weighted by Gasteiger charge is 2.51. The summed E-state index contributed by atoms with van der Waals surface area (Å²) in [6.07, 6.45) is -0.215. The molecule has 1 spiro atoms. The lowest BCUT2D eigenvalue weighted by atomic mass is 9.63. The first-order chi connectivity index (χ1) is 17.2. The van der Waals surface area contributed by atoms with Crippen LogP contribution in [0.1, 0.15) is 45.9 Å². The summed E-state index contributed by atoms with van der Waals surface area (Å²) in [5, 5.41) is 20.6. The molecule has 3 aromatic rings. The zero-order valence-electron chi connectivity index (χ0n) is 19.4. The van der Waals surface area contributed by atoms with E-state index in [1.54, 1.807) is 22.5 Å². The minimum atomic E-state index is -1.56. The van der Waals surface area contributed by atoms with E-state index in [4.69, 9.17) is 9.72 Å². The van der Waals surface area contributed by atoms with E-state index in [9.17, 15) is 29.0 Å². The van der Waals surface area contributed by atoms with Crippen molar-refractivity contribution >= 4 is 22.8 Å². The molecule has 5 heterocycles. The zero-order chi connectivity index (χ0) is 25.1. The van der Waals surface area contributed by atoms with Gasteiger partial charge in [-0.3, -0.25) is 9.59 Å². The lowest BCUT2D eigenvalue weighted by Crippen LogP contribution is -2.63. The normalized spacial score (nSPS) is 20.6. The third kappa shape index (κ3) is 2.55. The number of cyclic esters (lactones) is 1. The molecular formula is C26H22FN3O6. The number of hydrogen-bond acceptors (Lipinski definition) is 7. The molecule has 3 aliphatic heterocycles. The molecule has 7 rings (SSSR count). The maximum absolute atomic E-state index is 14.9. The van der Waals surface area contributed by atoms with Gasteiger partial charge in [-0.25, -0.2) is 14.2 Å². The fourth-order valence-electron chi connectivity index (χ4n) is 6.60. The predicted octanol–water partition coefficient (Wildman–Crippen LogP) is 0.981. The highest BCUT2D eigenvalue weighted by Crippen LogP contribution is 2.51. The Morgan fingerprint density at radius 1 is 1.25 bits per heavy atom. The number of amides is 1. The summed E-state index contributed by atoms with van der Waals surface area (Å²) in [5.74, 6) is -1.50. The number of esters is 1. The first kappa shape index (κ1) is 21.6. The summed E-state index contributed by atoms with van der Waals surface area (Å²) < 4.78 is 21.5. The Balaban J connectivity index is 1.51. The number of nitrogens with zero attached hydrogens (tertiary/aromatic N) is 3. The molecule has 0 radical (unpaired) electrons. The Morgan fingerprint density at radius 3 is 2.78 bits per heavy atom. The fourth-order valence-corrected chi connectivity index (χ4v) is 6.60. The summed E-state index contributed by atoms with van der Waals surface area (Å²) >= 11 is 0. The van der Waals surface area contributed by atoms with Gasteiger partial charge in [-0.15, -0.1) is 0 Å². The van der Waals surface area contributed by atoms with Gasteiger partial charge in [-0.2, -0.15) is 0 Å². The van der Waals surface area contributed by atoms with Crippen molar-refractivity contribution in [2.24, 2.45) is 0 Å². The number of benzene rings is 1. The van der Waals surface area contributed by atoms with E-state index in [1.165, 1.54) is 6.07 Å². The fraction of sp³-hybridized carbons (Fsp3) is 0.385. The third-order valence-corrected chi connectivity index (χ3v) is 8.43. The van der Waals surface area contributed by atoms with E-state index in [-0.39, 0.29) is 41.6 Å². The van der Waals surface area contributed by atoms with Crippen LogP contribution in [0.25, 0.3) is 22.3 Å². The average molecular weight is 491 g/mol. The van der Waals surface area contributed by atoms with Crippen molar-refractivity contribution in [1.82, 2.24) is 14.5 Å². The van der Waals surface area contributed by atoms with Crippen molar-refractivity contribution in [1.29, 1.82) is 0 Å². The second-order valence-corrected chi connectivity index (χ2v) is 10.2. The molecule has 9 nitrogen and oxygen atoms in total. The maximum Gasteiger partial charge on any atom is 0.340 e. The van der Waals surface area contributed by atoms with Crippen LogP contribution in [0.3, 0.4) is 0 Å². The first-order valence-corrected chi connectivity index (χ1v) is 11.9. The Morgan fingerprint density at radius 2 is 2.03 bits per heavy atom. The number of likely N-dealkylation sites (tertiary alicyclic amines) is 1. The summed E-state index contributed by atoms with van der Waals surface area (Å²) in [6, 6.07) is 3.03. The predicted molar refractivity (Wildman–Crippen MR) is 124 cm³/mol. The van der Waals surface area contributed by atoms with Crippen LogP contribution in [0.4, 0.5) is 4.39 Å². The molecule has 184 valence electrons. The molecule has 1 saturated heterocycles. The van der Waals surface area contributed by atoms with Gasteiger partial charge < -0.3 is 24.4 Å². The van der Waals surface area contributed by atoms with E-state index in [1.807, 2.05) is 0 Å². The van der Waals surface area contributed by atoms with Crippen molar-refractivity contribution < 1.29 is 28.9 Å². The van der Waals surface area contributed by atoms with Crippen molar-refractivity contribution in [3.05, 3.63) is 61.7 Å². The number of aryl methyl sites for hydroxylation is 1. The van der Waals surface area contributed by atoms with Crippen LogP contribution in [0.15, 0.2) is 16.9 Å². The Labute approximate surface area is 203 Å². The van der Waals surface area contributed by atoms with Crippen LogP contribution >= 0.6 is 0 Å². The number of carbonyl (C=O) groups excluding carboxylic acids is 2. The van der Waals surface area contributed by atoms with Gasteiger partial charge >= 0.3 is 5.97 Å². The average Bonchev–Trinajstić information content (AvgIpc) is 3.21. The SMILES string of the molecule is Cc1c(F)cc2nc3c(c4c2c1CCC41CN(C(=O)CO)C1)Cn1c-3cc2c(c1=O)COC(=O)C2O. The van der Waals surface area contributed by atoms with Crippen LogP contribution < -0.4 is 5.56 Å². The number of rotatable bonds is 1. The smallest absolute Gasteiger partial charge is 0.340 e. The van der Waals surface area contributed by atoms with Gasteiger partial charge in [0.1, 0.15) is 19.0 Å². The monoisotopic (exact) mass is 491 g/mol. The van der Waals surface area contributed by atoms with E-state index >= 15 is 0 Å². The Hall–Kier alpha value is -3.63. The third-order valence-electron chi connectivity index (χ3n) is 8.43. The van der Waals surface area contributed by atoms with Crippen LogP contribution in [-0.4, -0.2) is 56.2 Å². The number of carbonyl (C=O) groups is 2. The van der Waals surface area contributed by atoms with Gasteiger partial charge in [-0.1, -0.05) is 0 Å². The van der Waals surface area contributed by atoms with Gasteiger partial charge in [0, 0.05) is 41.1 Å². The standard InChI is InChI=1S/C26H22FN3O6/c1-11-12-2-3-26(9-29(10-26)19(32)7-31)21-14-6-30-18(22(14)28-17(20(12)21)5-16(11)27)4-13-15(24(30)34)8-36-25(35)23(13)33/h4-5,23,31,33H,2-3,6-10H2,1H3. The lowest BCUT2D eigenvalue weighted by Gasteiger charge is -2.53. The number of ether oxygens (including phenoxy) is 1. The molecule has 1 aliphatic carbocycles. The number of pyridine rings is 2. The second-order valence-electron chi connectivity index (χ2n) is 10.2. The van der Waals surface area contributed by atoms with Crippen molar-refractivity contribution in [3.63, 3.8) is 0 Å². The largest absolute Gasteiger partial charge is 0.458 e. The molecule has 1 aromatic carbocycles. The Bertz CT molecular complexity index is 1620. The van der Waals surface area contributed by atoms with Crippen molar-refractivity contribution in [3.8, 4) is 11.4 Å².